The molecule has 98 valence electrons. The van der Waals surface area contributed by atoms with E-state index in [-0.39, 0.29) is 12.5 Å². The predicted octanol–water partition coefficient (Wildman–Crippen LogP) is 1.17. The van der Waals surface area contributed by atoms with Crippen LogP contribution in [0.4, 0.5) is 0 Å². The number of amides is 1. The Morgan fingerprint density at radius 1 is 1.61 bits per heavy atom. The zero-order valence-corrected chi connectivity index (χ0v) is 10.3. The molecule has 6 heteroatoms. The number of carboxylic acids is 1. The monoisotopic (exact) mass is 252 g/mol. The van der Waals surface area contributed by atoms with E-state index in [9.17, 15) is 9.59 Å². The summed E-state index contributed by atoms with van der Waals surface area (Å²) in [4.78, 5) is 24.8. The van der Waals surface area contributed by atoms with Crippen LogP contribution in [0.1, 0.15) is 35.9 Å². The summed E-state index contributed by atoms with van der Waals surface area (Å²) in [5.74, 6) is -0.933. The minimum atomic E-state index is -0.839. The van der Waals surface area contributed by atoms with E-state index in [1.165, 1.54) is 6.20 Å². The lowest BCUT2D eigenvalue weighted by atomic mass is 9.97. The van der Waals surface area contributed by atoms with Crippen molar-refractivity contribution in [3.8, 4) is 0 Å². The number of carbonyl (C=O) groups is 2. The van der Waals surface area contributed by atoms with Gasteiger partial charge >= 0.3 is 5.97 Å². The van der Waals surface area contributed by atoms with E-state index in [4.69, 9.17) is 9.63 Å². The van der Waals surface area contributed by atoms with Crippen molar-refractivity contribution in [3.63, 3.8) is 0 Å². The molecule has 2 heterocycles. The van der Waals surface area contributed by atoms with Crippen LogP contribution in [0.25, 0.3) is 0 Å². The number of hydrogen-bond donors (Lipinski definition) is 1. The van der Waals surface area contributed by atoms with Gasteiger partial charge in [-0.2, -0.15) is 0 Å². The first-order valence-electron chi connectivity index (χ1n) is 6.09. The molecule has 0 radical (unpaired) electrons. The van der Waals surface area contributed by atoms with Crippen molar-refractivity contribution in [2.24, 2.45) is 5.92 Å². The number of aromatic nitrogens is 1. The molecule has 1 fully saturated rings. The highest BCUT2D eigenvalue weighted by Crippen LogP contribution is 2.20. The molecule has 1 amide bonds. The summed E-state index contributed by atoms with van der Waals surface area (Å²) in [7, 11) is 0. The molecule has 0 saturated carbocycles. The normalized spacial score (nSPS) is 19.8. The van der Waals surface area contributed by atoms with E-state index in [2.05, 4.69) is 5.16 Å². The second-order valence-electron chi connectivity index (χ2n) is 4.44. The number of aliphatic carboxylic acids is 1. The Kier molecular flexibility index (Phi) is 3.64. The average molecular weight is 252 g/mol. The SMILES string of the molecule is CCc1oncc1C(=O)N1CCCC(C(=O)O)C1. The third-order valence-corrected chi connectivity index (χ3v) is 3.25. The second-order valence-corrected chi connectivity index (χ2v) is 4.44. The lowest BCUT2D eigenvalue weighted by Gasteiger charge is -2.30. The number of aryl methyl sites for hydroxylation is 1. The molecule has 6 nitrogen and oxygen atoms in total. The molecule has 1 saturated heterocycles. The molecule has 1 N–H and O–H groups in total. The van der Waals surface area contributed by atoms with Crippen LogP contribution in [0.3, 0.4) is 0 Å². The van der Waals surface area contributed by atoms with Gasteiger partial charge in [-0.1, -0.05) is 12.1 Å². The maximum absolute atomic E-state index is 12.2. The molecule has 18 heavy (non-hydrogen) atoms. The molecule has 0 aromatic carbocycles. The summed E-state index contributed by atoms with van der Waals surface area (Å²) >= 11 is 0. The van der Waals surface area contributed by atoms with Gasteiger partial charge in [-0.05, 0) is 12.8 Å². The highest BCUT2D eigenvalue weighted by atomic mass is 16.5. The first-order valence-corrected chi connectivity index (χ1v) is 6.09. The minimum Gasteiger partial charge on any atom is -0.481 e. The summed E-state index contributed by atoms with van der Waals surface area (Å²) in [6.45, 7) is 2.74. The summed E-state index contributed by atoms with van der Waals surface area (Å²) in [6.07, 6.45) is 3.35. The van der Waals surface area contributed by atoms with Gasteiger partial charge in [-0.25, -0.2) is 0 Å². The summed E-state index contributed by atoms with van der Waals surface area (Å²) in [5, 5.41) is 12.6. The molecular weight excluding hydrogens is 236 g/mol. The Labute approximate surface area is 105 Å². The molecule has 0 bridgehead atoms. The van der Waals surface area contributed by atoms with Crippen LogP contribution in [0.15, 0.2) is 10.7 Å². The van der Waals surface area contributed by atoms with E-state index >= 15 is 0 Å². The molecule has 0 aliphatic carbocycles. The fraction of sp³-hybridized carbons (Fsp3) is 0.583. The number of rotatable bonds is 3. The van der Waals surface area contributed by atoms with Crippen molar-refractivity contribution in [2.75, 3.05) is 13.1 Å². The third kappa shape index (κ3) is 2.37. The molecule has 1 aromatic heterocycles. The van der Waals surface area contributed by atoms with Gasteiger partial charge in [0.15, 0.2) is 0 Å². The lowest BCUT2D eigenvalue weighted by Crippen LogP contribution is -2.42. The zero-order valence-electron chi connectivity index (χ0n) is 10.3. The molecule has 1 aliphatic rings. The summed E-state index contributed by atoms with van der Waals surface area (Å²) < 4.78 is 4.99. The predicted molar refractivity (Wildman–Crippen MR) is 62.1 cm³/mol. The second kappa shape index (κ2) is 5.20. The van der Waals surface area contributed by atoms with E-state index in [0.29, 0.717) is 30.7 Å². The lowest BCUT2D eigenvalue weighted by molar-refractivity contribution is -0.143. The number of piperidine rings is 1. The Morgan fingerprint density at radius 2 is 2.39 bits per heavy atom. The van der Waals surface area contributed by atoms with Gasteiger partial charge < -0.3 is 14.5 Å². The van der Waals surface area contributed by atoms with Crippen molar-refractivity contribution >= 4 is 11.9 Å². The fourth-order valence-electron chi connectivity index (χ4n) is 2.23. The van der Waals surface area contributed by atoms with Crippen LogP contribution in [-0.4, -0.2) is 40.1 Å². The molecule has 2 rings (SSSR count). The van der Waals surface area contributed by atoms with Gasteiger partial charge in [0.05, 0.1) is 12.1 Å². The maximum atomic E-state index is 12.2. The Balaban J connectivity index is 2.11. The first kappa shape index (κ1) is 12.6. The van der Waals surface area contributed by atoms with E-state index in [1.807, 2.05) is 6.92 Å². The van der Waals surface area contributed by atoms with Gasteiger partial charge in [0.2, 0.25) is 0 Å². The number of carboxylic acid groups (broad SMARTS) is 1. The van der Waals surface area contributed by atoms with Gasteiger partial charge in [0.1, 0.15) is 11.3 Å². The van der Waals surface area contributed by atoms with Gasteiger partial charge in [-0.3, -0.25) is 9.59 Å². The summed E-state index contributed by atoms with van der Waals surface area (Å²) in [6, 6.07) is 0. The third-order valence-electron chi connectivity index (χ3n) is 3.25. The van der Waals surface area contributed by atoms with Crippen LogP contribution >= 0.6 is 0 Å². The van der Waals surface area contributed by atoms with Crippen molar-refractivity contribution < 1.29 is 19.2 Å². The summed E-state index contributed by atoms with van der Waals surface area (Å²) in [5.41, 5.74) is 0.448. The Hall–Kier alpha value is -1.85. The van der Waals surface area contributed by atoms with Crippen LogP contribution in [0.2, 0.25) is 0 Å². The minimum absolute atomic E-state index is 0.181. The molecule has 1 unspecified atom stereocenters. The van der Waals surface area contributed by atoms with Crippen molar-refractivity contribution in [1.82, 2.24) is 10.1 Å². The molecule has 1 atom stereocenters. The Morgan fingerprint density at radius 3 is 3.06 bits per heavy atom. The highest BCUT2D eigenvalue weighted by Gasteiger charge is 2.30. The van der Waals surface area contributed by atoms with Crippen LogP contribution in [0, 0.1) is 5.92 Å². The number of hydrogen-bond acceptors (Lipinski definition) is 4. The molecule has 0 spiro atoms. The smallest absolute Gasteiger partial charge is 0.308 e. The quantitative estimate of drug-likeness (QED) is 0.873. The van der Waals surface area contributed by atoms with Gasteiger partial charge in [0.25, 0.3) is 5.91 Å². The highest BCUT2D eigenvalue weighted by molar-refractivity contribution is 5.95. The number of carbonyl (C=O) groups excluding carboxylic acids is 1. The van der Waals surface area contributed by atoms with Crippen LogP contribution in [-0.2, 0) is 11.2 Å². The van der Waals surface area contributed by atoms with Crippen LogP contribution in [0.5, 0.6) is 0 Å². The van der Waals surface area contributed by atoms with Crippen molar-refractivity contribution in [1.29, 1.82) is 0 Å². The van der Waals surface area contributed by atoms with E-state index in [0.717, 1.165) is 6.42 Å². The van der Waals surface area contributed by atoms with E-state index in [1.54, 1.807) is 4.90 Å². The van der Waals surface area contributed by atoms with Gasteiger partial charge in [-0.15, -0.1) is 0 Å². The largest absolute Gasteiger partial charge is 0.481 e. The molecule has 1 aliphatic heterocycles. The number of nitrogens with zero attached hydrogens (tertiary/aromatic N) is 2. The van der Waals surface area contributed by atoms with Crippen LogP contribution < -0.4 is 0 Å². The van der Waals surface area contributed by atoms with Crippen molar-refractivity contribution in [2.45, 2.75) is 26.2 Å². The fourth-order valence-corrected chi connectivity index (χ4v) is 2.23. The maximum Gasteiger partial charge on any atom is 0.308 e. The standard InChI is InChI=1S/C12H16N2O4/c1-2-10-9(6-13-18-10)11(15)14-5-3-4-8(7-14)12(16)17/h6,8H,2-5,7H2,1H3,(H,16,17). The average Bonchev–Trinajstić information content (AvgIpc) is 2.86. The zero-order chi connectivity index (χ0) is 13.1. The topological polar surface area (TPSA) is 83.6 Å². The molecule has 1 aromatic rings. The van der Waals surface area contributed by atoms with Crippen molar-refractivity contribution in [3.05, 3.63) is 17.5 Å². The number of likely N-dealkylation sites (tertiary alicyclic amines) is 1. The first-order chi connectivity index (χ1) is 8.63. The van der Waals surface area contributed by atoms with Gasteiger partial charge in [0, 0.05) is 19.5 Å². The molecular formula is C12H16N2O4. The Bertz CT molecular complexity index is 455. The van der Waals surface area contributed by atoms with E-state index < -0.39 is 11.9 Å².